The number of aliphatic carboxylic acids is 1. The van der Waals surface area contributed by atoms with Crippen LogP contribution in [0, 0.1) is 0 Å². The van der Waals surface area contributed by atoms with Gasteiger partial charge in [0.05, 0.1) is 0 Å². The third-order valence-corrected chi connectivity index (χ3v) is 4.23. The summed E-state index contributed by atoms with van der Waals surface area (Å²) in [4.78, 5) is 34.7. The summed E-state index contributed by atoms with van der Waals surface area (Å²) < 4.78 is 0. The fourth-order valence-corrected chi connectivity index (χ4v) is 2.97. The minimum Gasteiger partial charge on any atom is -0.479 e. The van der Waals surface area contributed by atoms with Crippen molar-refractivity contribution in [2.75, 3.05) is 19.6 Å². The van der Waals surface area contributed by atoms with Crippen LogP contribution >= 0.6 is 0 Å². The third kappa shape index (κ3) is 4.18. The van der Waals surface area contributed by atoms with Crippen LogP contribution < -0.4 is 5.32 Å². The lowest BCUT2D eigenvalue weighted by Crippen LogP contribution is -2.49. The van der Waals surface area contributed by atoms with Crippen LogP contribution in [-0.2, 0) is 9.59 Å². The maximum Gasteiger partial charge on any atom is 0.337 e. The number of amides is 1. The lowest BCUT2D eigenvalue weighted by Gasteiger charge is -2.29. The fourth-order valence-electron chi connectivity index (χ4n) is 2.97. The molecule has 1 aromatic carbocycles. The number of hydrogen-bond acceptors (Lipinski definition) is 5. The Morgan fingerprint density at radius 2 is 2.04 bits per heavy atom. The van der Waals surface area contributed by atoms with Crippen molar-refractivity contribution in [1.82, 2.24) is 10.2 Å². The van der Waals surface area contributed by atoms with E-state index < -0.39 is 12.1 Å². The van der Waals surface area contributed by atoms with Gasteiger partial charge in [0.2, 0.25) is 5.91 Å². The van der Waals surface area contributed by atoms with Crippen LogP contribution in [0.1, 0.15) is 41.8 Å². The van der Waals surface area contributed by atoms with E-state index in [4.69, 9.17) is 5.11 Å². The molecule has 2 aliphatic rings. The Morgan fingerprint density at radius 3 is 2.67 bits per heavy atom. The molecule has 0 spiro atoms. The first-order valence-electron chi connectivity index (χ1n) is 7.92. The molecule has 1 aromatic rings. The standard InChI is InChI=1S/C10H10O4.C7H12N2O/c1-6(11)7-4-2-3-5-8(7)9(12)10(13)14;10-7-2-1-6-5-8-3-4-9(6)7/h2-5,9,12H,1H3,(H,13,14);6,8H,1-5H2/t9-;6-/m00/s1. The Balaban J connectivity index is 0.000000182. The average molecular weight is 334 g/mol. The zero-order valence-corrected chi connectivity index (χ0v) is 13.6. The van der Waals surface area contributed by atoms with Gasteiger partial charge < -0.3 is 20.4 Å². The number of rotatable bonds is 3. The van der Waals surface area contributed by atoms with Crippen molar-refractivity contribution in [2.24, 2.45) is 0 Å². The molecular weight excluding hydrogens is 312 g/mol. The Hall–Kier alpha value is -2.25. The smallest absolute Gasteiger partial charge is 0.337 e. The molecule has 2 atom stereocenters. The lowest BCUT2D eigenvalue weighted by molar-refractivity contribution is -0.147. The van der Waals surface area contributed by atoms with Crippen LogP contribution in [0.25, 0.3) is 0 Å². The zero-order valence-electron chi connectivity index (χ0n) is 13.6. The van der Waals surface area contributed by atoms with Gasteiger partial charge in [-0.25, -0.2) is 4.79 Å². The molecule has 2 saturated heterocycles. The Labute approximate surface area is 140 Å². The van der Waals surface area contributed by atoms with Gasteiger partial charge in [0, 0.05) is 43.2 Å². The molecular formula is C17H22N2O5. The first-order chi connectivity index (χ1) is 11.4. The van der Waals surface area contributed by atoms with E-state index in [1.54, 1.807) is 12.1 Å². The van der Waals surface area contributed by atoms with E-state index in [9.17, 15) is 19.5 Å². The summed E-state index contributed by atoms with van der Waals surface area (Å²) >= 11 is 0. The van der Waals surface area contributed by atoms with Crippen LogP contribution in [-0.4, -0.2) is 58.4 Å². The largest absolute Gasteiger partial charge is 0.479 e. The first-order valence-corrected chi connectivity index (χ1v) is 7.92. The number of nitrogens with one attached hydrogen (secondary N) is 1. The lowest BCUT2D eigenvalue weighted by atomic mass is 10.00. The minimum atomic E-state index is -1.64. The number of benzene rings is 1. The predicted octanol–water partition coefficient (Wildman–Crippen LogP) is 0.588. The number of carboxylic acids is 1. The van der Waals surface area contributed by atoms with Gasteiger partial charge in [0.25, 0.3) is 0 Å². The van der Waals surface area contributed by atoms with Crippen molar-refractivity contribution in [3.63, 3.8) is 0 Å². The molecule has 0 saturated carbocycles. The highest BCUT2D eigenvalue weighted by Gasteiger charge is 2.32. The third-order valence-electron chi connectivity index (χ3n) is 4.23. The molecule has 0 aliphatic carbocycles. The van der Waals surface area contributed by atoms with E-state index in [1.165, 1.54) is 19.1 Å². The molecule has 3 rings (SSSR count). The summed E-state index contributed by atoms with van der Waals surface area (Å²) in [6.07, 6.45) is 0.188. The number of nitrogens with zero attached hydrogens (tertiary/aromatic N) is 1. The van der Waals surface area contributed by atoms with E-state index >= 15 is 0 Å². The molecule has 7 nitrogen and oxygen atoms in total. The van der Waals surface area contributed by atoms with E-state index in [2.05, 4.69) is 5.32 Å². The van der Waals surface area contributed by atoms with Gasteiger partial charge >= 0.3 is 5.97 Å². The number of hydrogen-bond donors (Lipinski definition) is 3. The second-order valence-corrected chi connectivity index (χ2v) is 5.87. The first kappa shape index (κ1) is 18.1. The summed E-state index contributed by atoms with van der Waals surface area (Å²) in [6.45, 7) is 4.23. The van der Waals surface area contributed by atoms with E-state index in [1.807, 2.05) is 4.90 Å². The van der Waals surface area contributed by atoms with Crippen molar-refractivity contribution < 1.29 is 24.6 Å². The van der Waals surface area contributed by atoms with E-state index in [-0.39, 0.29) is 16.9 Å². The highest BCUT2D eigenvalue weighted by molar-refractivity contribution is 5.96. The van der Waals surface area contributed by atoms with Crippen molar-refractivity contribution in [3.8, 4) is 0 Å². The fraction of sp³-hybridized carbons (Fsp3) is 0.471. The van der Waals surface area contributed by atoms with Gasteiger partial charge in [-0.2, -0.15) is 0 Å². The number of aliphatic hydroxyl groups excluding tert-OH is 1. The summed E-state index contributed by atoms with van der Waals surface area (Å²) in [5, 5.41) is 21.1. The van der Waals surface area contributed by atoms with Crippen LogP contribution in [0.5, 0.6) is 0 Å². The van der Waals surface area contributed by atoms with Gasteiger partial charge in [0.1, 0.15) is 0 Å². The van der Waals surface area contributed by atoms with E-state index in [0.29, 0.717) is 11.9 Å². The highest BCUT2D eigenvalue weighted by Crippen LogP contribution is 2.19. The SMILES string of the molecule is CC(=O)c1ccccc1[C@H](O)C(=O)O.O=C1CC[C@H]2CNCCN12. The highest BCUT2D eigenvalue weighted by atomic mass is 16.4. The summed E-state index contributed by atoms with van der Waals surface area (Å²) in [6, 6.07) is 6.63. The van der Waals surface area contributed by atoms with Crippen LogP contribution in [0.3, 0.4) is 0 Å². The molecule has 0 unspecified atom stereocenters. The monoisotopic (exact) mass is 334 g/mol. The minimum absolute atomic E-state index is 0.132. The van der Waals surface area contributed by atoms with Gasteiger partial charge in [0.15, 0.2) is 11.9 Å². The number of carbonyl (C=O) groups is 3. The summed E-state index contributed by atoms with van der Waals surface area (Å²) in [5.41, 5.74) is 0.370. The molecule has 7 heteroatoms. The molecule has 0 bridgehead atoms. The Kier molecular flexibility index (Phi) is 6.05. The summed E-state index contributed by atoms with van der Waals surface area (Å²) in [5.74, 6) is -1.27. The molecule has 2 aliphatic heterocycles. The molecule has 2 heterocycles. The molecule has 24 heavy (non-hydrogen) atoms. The quantitative estimate of drug-likeness (QED) is 0.698. The van der Waals surface area contributed by atoms with Crippen molar-refractivity contribution in [3.05, 3.63) is 35.4 Å². The number of ketones is 1. The molecule has 2 fully saturated rings. The van der Waals surface area contributed by atoms with Crippen LogP contribution in [0.4, 0.5) is 0 Å². The number of carbonyl (C=O) groups excluding carboxylic acids is 2. The second kappa shape index (κ2) is 8.03. The average Bonchev–Trinajstić information content (AvgIpc) is 2.96. The number of Topliss-reactive ketones (excluding diaryl/α,β-unsaturated/α-hetero) is 1. The molecule has 0 radical (unpaired) electrons. The van der Waals surface area contributed by atoms with E-state index in [0.717, 1.165) is 32.5 Å². The van der Waals surface area contributed by atoms with Crippen LogP contribution in [0.2, 0.25) is 0 Å². The Morgan fingerprint density at radius 1 is 1.33 bits per heavy atom. The van der Waals surface area contributed by atoms with Crippen molar-refractivity contribution >= 4 is 17.7 Å². The van der Waals surface area contributed by atoms with Crippen LogP contribution in [0.15, 0.2) is 24.3 Å². The predicted molar refractivity (Wildman–Crippen MR) is 86.6 cm³/mol. The maximum atomic E-state index is 11.1. The molecule has 3 N–H and O–H groups in total. The number of aliphatic hydroxyl groups is 1. The van der Waals surface area contributed by atoms with Crippen molar-refractivity contribution in [2.45, 2.75) is 31.9 Å². The van der Waals surface area contributed by atoms with Crippen molar-refractivity contribution in [1.29, 1.82) is 0 Å². The number of fused-ring (bicyclic) bond motifs is 1. The van der Waals surface area contributed by atoms with Gasteiger partial charge in [-0.15, -0.1) is 0 Å². The molecule has 1 amide bonds. The second-order valence-electron chi connectivity index (χ2n) is 5.87. The van der Waals surface area contributed by atoms with Gasteiger partial charge in [-0.1, -0.05) is 24.3 Å². The normalized spacial score (nSPS) is 20.7. The Bertz CT molecular complexity index is 631. The van der Waals surface area contributed by atoms with Gasteiger partial charge in [-0.05, 0) is 13.3 Å². The number of carboxylic acid groups (broad SMARTS) is 1. The molecule has 0 aromatic heterocycles. The maximum absolute atomic E-state index is 11.1. The topological polar surface area (TPSA) is 107 Å². The molecule has 130 valence electrons. The summed E-state index contributed by atoms with van der Waals surface area (Å²) in [7, 11) is 0. The van der Waals surface area contributed by atoms with Gasteiger partial charge in [-0.3, -0.25) is 9.59 Å². The number of piperazine rings is 1. The zero-order chi connectivity index (χ0) is 17.7.